The normalized spacial score (nSPS) is 10.3. The van der Waals surface area contributed by atoms with E-state index in [0.717, 1.165) is 11.1 Å². The summed E-state index contributed by atoms with van der Waals surface area (Å²) in [5, 5.41) is 5.50. The van der Waals surface area contributed by atoms with Crippen molar-refractivity contribution in [3.63, 3.8) is 0 Å². The van der Waals surface area contributed by atoms with E-state index < -0.39 is 0 Å². The van der Waals surface area contributed by atoms with Gasteiger partial charge in [-0.2, -0.15) is 0 Å². The highest BCUT2D eigenvalue weighted by molar-refractivity contribution is 5.89. The molecule has 2 heterocycles. The summed E-state index contributed by atoms with van der Waals surface area (Å²) in [5.74, 6) is 1.85. The third-order valence-corrected chi connectivity index (χ3v) is 3.52. The van der Waals surface area contributed by atoms with E-state index in [1.807, 2.05) is 38.1 Å². The van der Waals surface area contributed by atoms with Gasteiger partial charge in [-0.05, 0) is 37.1 Å². The van der Waals surface area contributed by atoms with Crippen LogP contribution in [0.5, 0.6) is 11.6 Å². The number of benzene rings is 1. The van der Waals surface area contributed by atoms with Crippen molar-refractivity contribution in [1.29, 1.82) is 0 Å². The van der Waals surface area contributed by atoms with Gasteiger partial charge in [0.25, 0.3) is 0 Å². The zero-order chi connectivity index (χ0) is 17.6. The summed E-state index contributed by atoms with van der Waals surface area (Å²) in [6.07, 6.45) is 5.04. The molecule has 2 amide bonds. The van der Waals surface area contributed by atoms with Gasteiger partial charge in [-0.25, -0.2) is 14.8 Å². The van der Waals surface area contributed by atoms with Crippen molar-refractivity contribution in [3.05, 3.63) is 65.9 Å². The quantitative estimate of drug-likeness (QED) is 0.664. The van der Waals surface area contributed by atoms with Gasteiger partial charge >= 0.3 is 6.03 Å². The minimum atomic E-state index is -0.320. The molecule has 3 rings (SSSR count). The molecule has 128 valence electrons. The number of carbonyl (C=O) groups is 1. The number of carbonyl (C=O) groups excluding carboxylic acids is 1. The third kappa shape index (κ3) is 4.57. The summed E-state index contributed by atoms with van der Waals surface area (Å²) in [6.45, 7) is 4.23. The largest absolute Gasteiger partial charge is 0.439 e. The van der Waals surface area contributed by atoms with Crippen LogP contribution in [0.25, 0.3) is 0 Å². The molecule has 7 nitrogen and oxygen atoms in total. The minimum absolute atomic E-state index is 0.320. The van der Waals surface area contributed by atoms with Gasteiger partial charge in [-0.1, -0.05) is 6.07 Å². The second-order valence-electron chi connectivity index (χ2n) is 5.60. The van der Waals surface area contributed by atoms with Crippen molar-refractivity contribution in [2.45, 2.75) is 20.4 Å². The molecule has 0 radical (unpaired) electrons. The number of anilines is 1. The van der Waals surface area contributed by atoms with E-state index >= 15 is 0 Å². The lowest BCUT2D eigenvalue weighted by atomic mass is 10.2. The maximum Gasteiger partial charge on any atom is 0.319 e. The average Bonchev–Trinajstić information content (AvgIpc) is 3.10. The molecule has 0 aliphatic rings. The number of hydrogen-bond acceptors (Lipinski definition) is 4. The smallest absolute Gasteiger partial charge is 0.319 e. The summed E-state index contributed by atoms with van der Waals surface area (Å²) >= 11 is 0. The zero-order valence-corrected chi connectivity index (χ0v) is 14.0. The fourth-order valence-corrected chi connectivity index (χ4v) is 2.20. The number of hydrogen-bond donors (Lipinski definition) is 3. The van der Waals surface area contributed by atoms with Crippen LogP contribution in [-0.2, 0) is 6.54 Å². The molecule has 0 atom stereocenters. The maximum atomic E-state index is 12.0. The third-order valence-electron chi connectivity index (χ3n) is 3.52. The molecule has 0 unspecified atom stereocenters. The molecule has 25 heavy (non-hydrogen) atoms. The van der Waals surface area contributed by atoms with E-state index in [1.165, 1.54) is 0 Å². The molecule has 0 fully saturated rings. The van der Waals surface area contributed by atoms with Crippen LogP contribution < -0.4 is 15.4 Å². The highest BCUT2D eigenvalue weighted by Crippen LogP contribution is 2.27. The first-order valence-corrected chi connectivity index (χ1v) is 7.84. The van der Waals surface area contributed by atoms with Crippen molar-refractivity contribution in [2.75, 3.05) is 5.32 Å². The van der Waals surface area contributed by atoms with Crippen LogP contribution in [0.3, 0.4) is 0 Å². The highest BCUT2D eigenvalue weighted by atomic mass is 16.5. The molecule has 2 aromatic heterocycles. The monoisotopic (exact) mass is 337 g/mol. The summed E-state index contributed by atoms with van der Waals surface area (Å²) < 4.78 is 5.83. The molecule has 1 aromatic carbocycles. The number of pyridine rings is 1. The Balaban J connectivity index is 1.65. The van der Waals surface area contributed by atoms with Crippen molar-refractivity contribution in [2.24, 2.45) is 0 Å². The number of rotatable bonds is 5. The van der Waals surface area contributed by atoms with Crippen LogP contribution in [0.1, 0.15) is 17.0 Å². The Morgan fingerprint density at radius 1 is 1.16 bits per heavy atom. The molecule has 0 aliphatic heterocycles. The Kier molecular flexibility index (Phi) is 4.94. The Morgan fingerprint density at radius 3 is 2.80 bits per heavy atom. The number of urea groups is 1. The SMILES string of the molecule is Cc1ccnc(Oc2cc(NC(=O)NCc3ncc[nH]3)ccc2C)c1. The van der Waals surface area contributed by atoms with E-state index in [0.29, 0.717) is 29.7 Å². The molecule has 0 aliphatic carbocycles. The van der Waals surface area contributed by atoms with Crippen molar-refractivity contribution >= 4 is 11.7 Å². The summed E-state index contributed by atoms with van der Waals surface area (Å²) in [7, 11) is 0. The first kappa shape index (κ1) is 16.5. The number of imidazole rings is 1. The first-order valence-electron chi connectivity index (χ1n) is 7.84. The number of nitrogens with zero attached hydrogens (tertiary/aromatic N) is 2. The van der Waals surface area contributed by atoms with Crippen LogP contribution in [0.15, 0.2) is 48.9 Å². The van der Waals surface area contributed by atoms with Crippen molar-refractivity contribution in [1.82, 2.24) is 20.3 Å². The van der Waals surface area contributed by atoms with Gasteiger partial charge in [0.1, 0.15) is 11.6 Å². The van der Waals surface area contributed by atoms with Crippen molar-refractivity contribution < 1.29 is 9.53 Å². The van der Waals surface area contributed by atoms with Crippen LogP contribution >= 0.6 is 0 Å². The number of amides is 2. The van der Waals surface area contributed by atoms with Crippen molar-refractivity contribution in [3.8, 4) is 11.6 Å². The molecule has 0 saturated carbocycles. The highest BCUT2D eigenvalue weighted by Gasteiger charge is 2.07. The lowest BCUT2D eigenvalue weighted by Gasteiger charge is -2.11. The van der Waals surface area contributed by atoms with Gasteiger partial charge in [0.05, 0.1) is 6.54 Å². The number of aromatic nitrogens is 3. The maximum absolute atomic E-state index is 12.0. The topological polar surface area (TPSA) is 91.9 Å². The number of aryl methyl sites for hydroxylation is 2. The predicted octanol–water partition coefficient (Wildman–Crippen LogP) is 3.54. The van der Waals surface area contributed by atoms with Crippen LogP contribution in [-0.4, -0.2) is 21.0 Å². The zero-order valence-electron chi connectivity index (χ0n) is 14.0. The second kappa shape index (κ2) is 7.48. The van der Waals surface area contributed by atoms with Crippen LogP contribution in [0.2, 0.25) is 0 Å². The van der Waals surface area contributed by atoms with Gasteiger partial charge in [-0.15, -0.1) is 0 Å². The second-order valence-corrected chi connectivity index (χ2v) is 5.60. The lowest BCUT2D eigenvalue weighted by Crippen LogP contribution is -2.28. The van der Waals surface area contributed by atoms with Crippen LogP contribution in [0, 0.1) is 13.8 Å². The van der Waals surface area contributed by atoms with Gasteiger partial charge < -0.3 is 20.4 Å². The Morgan fingerprint density at radius 2 is 2.04 bits per heavy atom. The molecule has 0 saturated heterocycles. The van der Waals surface area contributed by atoms with Crippen LogP contribution in [0.4, 0.5) is 10.5 Å². The van der Waals surface area contributed by atoms with E-state index in [2.05, 4.69) is 25.6 Å². The van der Waals surface area contributed by atoms with E-state index in [9.17, 15) is 4.79 Å². The number of nitrogens with one attached hydrogen (secondary N) is 3. The minimum Gasteiger partial charge on any atom is -0.439 e. The predicted molar refractivity (Wildman–Crippen MR) is 94.7 cm³/mol. The summed E-state index contributed by atoms with van der Waals surface area (Å²) in [6, 6.07) is 8.91. The number of aromatic amines is 1. The summed E-state index contributed by atoms with van der Waals surface area (Å²) in [5.41, 5.74) is 2.64. The number of ether oxygens (including phenoxy) is 1. The molecular formula is C18H19N5O2. The van der Waals surface area contributed by atoms with Gasteiger partial charge in [-0.3, -0.25) is 0 Å². The van der Waals surface area contributed by atoms with E-state index in [1.54, 1.807) is 24.7 Å². The Hall–Kier alpha value is -3.35. The molecule has 3 aromatic rings. The Bertz CT molecular complexity index is 862. The fourth-order valence-electron chi connectivity index (χ4n) is 2.20. The molecule has 3 N–H and O–H groups in total. The van der Waals surface area contributed by atoms with E-state index in [-0.39, 0.29) is 6.03 Å². The first-order chi connectivity index (χ1) is 12.1. The van der Waals surface area contributed by atoms with Gasteiger partial charge in [0.15, 0.2) is 0 Å². The summed E-state index contributed by atoms with van der Waals surface area (Å²) in [4.78, 5) is 23.2. The van der Waals surface area contributed by atoms with E-state index in [4.69, 9.17) is 4.74 Å². The molecular weight excluding hydrogens is 318 g/mol. The molecule has 7 heteroatoms. The Labute approximate surface area is 145 Å². The molecule has 0 spiro atoms. The number of H-pyrrole nitrogens is 1. The van der Waals surface area contributed by atoms with Gasteiger partial charge in [0, 0.05) is 36.4 Å². The lowest BCUT2D eigenvalue weighted by molar-refractivity contribution is 0.251. The fraction of sp³-hybridized carbons (Fsp3) is 0.167. The average molecular weight is 337 g/mol. The molecule has 0 bridgehead atoms. The standard InChI is InChI=1S/C18H19N5O2/c1-12-5-6-21-17(9-12)25-15-10-14(4-3-13(15)2)23-18(24)22-11-16-19-7-8-20-16/h3-10H,11H2,1-2H3,(H,19,20)(H2,22,23,24). The van der Waals surface area contributed by atoms with Gasteiger partial charge in [0.2, 0.25) is 5.88 Å².